The molecule has 1 N–H and O–H groups in total. The molecule has 0 aliphatic rings. The summed E-state index contributed by atoms with van der Waals surface area (Å²) in [6.07, 6.45) is 0. The van der Waals surface area contributed by atoms with Crippen LogP contribution in [-0.4, -0.2) is 12.1 Å². The number of hydrogen-bond donors (Lipinski definition) is 1. The van der Waals surface area contributed by atoms with E-state index in [4.69, 9.17) is 16.3 Å². The number of ether oxygens (including phenoxy) is 1. The predicted molar refractivity (Wildman–Crippen MR) is 72.9 cm³/mol. The Morgan fingerprint density at radius 3 is 2.65 bits per heavy atom. The molecule has 3 nitrogen and oxygen atoms in total. The number of hydrogen-bond acceptors (Lipinski definition) is 4. The molecule has 2 rings (SSSR count). The topological polar surface area (TPSA) is 34.1 Å². The van der Waals surface area contributed by atoms with E-state index in [1.54, 1.807) is 24.5 Å². The van der Waals surface area contributed by atoms with Crippen molar-refractivity contribution in [3.05, 3.63) is 33.8 Å². The number of aromatic nitrogens is 1. The minimum Gasteiger partial charge on any atom is -0.497 e. The fourth-order valence-corrected chi connectivity index (χ4v) is 2.50. The summed E-state index contributed by atoms with van der Waals surface area (Å²) in [4.78, 5) is 4.35. The molecule has 0 saturated carbocycles. The van der Waals surface area contributed by atoms with E-state index in [0.29, 0.717) is 5.02 Å². The quantitative estimate of drug-likeness (QED) is 0.907. The first-order valence-corrected chi connectivity index (χ1v) is 6.39. The Kier molecular flexibility index (Phi) is 3.54. The lowest BCUT2D eigenvalue weighted by atomic mass is 10.2. The van der Waals surface area contributed by atoms with Crippen molar-refractivity contribution in [1.82, 2.24) is 4.98 Å². The van der Waals surface area contributed by atoms with Crippen LogP contribution in [-0.2, 0) is 0 Å². The van der Waals surface area contributed by atoms with E-state index in [1.165, 1.54) is 0 Å². The molecule has 0 atom stereocenters. The first-order chi connectivity index (χ1) is 8.10. The molecule has 0 radical (unpaired) electrons. The van der Waals surface area contributed by atoms with Crippen LogP contribution in [0.25, 0.3) is 0 Å². The zero-order chi connectivity index (χ0) is 12.4. The second kappa shape index (κ2) is 4.94. The maximum absolute atomic E-state index is 6.20. The van der Waals surface area contributed by atoms with Crippen molar-refractivity contribution in [3.63, 3.8) is 0 Å². The number of thiazole rings is 1. The van der Waals surface area contributed by atoms with Gasteiger partial charge in [0.25, 0.3) is 0 Å². The van der Waals surface area contributed by atoms with Gasteiger partial charge in [0.1, 0.15) is 5.75 Å². The highest BCUT2D eigenvalue weighted by Gasteiger charge is 2.09. The van der Waals surface area contributed by atoms with Gasteiger partial charge in [0.15, 0.2) is 5.13 Å². The Bertz CT molecular complexity index is 516. The lowest BCUT2D eigenvalue weighted by Crippen LogP contribution is -1.95. The van der Waals surface area contributed by atoms with Crippen LogP contribution in [0.15, 0.2) is 17.5 Å². The van der Waals surface area contributed by atoms with E-state index in [1.807, 2.05) is 25.3 Å². The molecule has 1 aromatic carbocycles. The molecule has 5 heteroatoms. The third kappa shape index (κ3) is 2.70. The summed E-state index contributed by atoms with van der Waals surface area (Å²) in [5, 5.41) is 6.71. The fourth-order valence-electron chi connectivity index (χ4n) is 1.51. The highest BCUT2D eigenvalue weighted by Crippen LogP contribution is 2.33. The van der Waals surface area contributed by atoms with Crippen molar-refractivity contribution in [2.45, 2.75) is 13.8 Å². The van der Waals surface area contributed by atoms with Gasteiger partial charge in [0.2, 0.25) is 0 Å². The Morgan fingerprint density at radius 2 is 2.12 bits per heavy atom. The molecular formula is C12H13ClN2OS. The zero-order valence-corrected chi connectivity index (χ0v) is 11.4. The molecule has 0 fully saturated rings. The molecule has 1 heterocycles. The highest BCUT2D eigenvalue weighted by atomic mass is 35.5. The molecule has 2 aromatic rings. The Morgan fingerprint density at radius 1 is 1.35 bits per heavy atom. The minimum absolute atomic E-state index is 0.634. The van der Waals surface area contributed by atoms with Crippen molar-refractivity contribution >= 4 is 33.8 Å². The number of nitrogens with zero attached hydrogens (tertiary/aromatic N) is 1. The summed E-state index contributed by atoms with van der Waals surface area (Å²) in [7, 11) is 1.63. The number of methoxy groups -OCH3 is 1. The van der Waals surface area contributed by atoms with Crippen LogP contribution in [0, 0.1) is 13.8 Å². The molecule has 1 aromatic heterocycles. The third-order valence-electron chi connectivity index (χ3n) is 2.35. The van der Waals surface area contributed by atoms with Crippen molar-refractivity contribution in [2.75, 3.05) is 12.4 Å². The number of nitrogens with one attached hydrogen (secondary N) is 1. The largest absolute Gasteiger partial charge is 0.497 e. The van der Waals surface area contributed by atoms with Crippen LogP contribution in [0.5, 0.6) is 5.75 Å². The van der Waals surface area contributed by atoms with Gasteiger partial charge in [-0.05, 0) is 25.5 Å². The molecule has 90 valence electrons. The summed E-state index contributed by atoms with van der Waals surface area (Å²) in [5.74, 6) is 0.758. The molecule has 0 spiro atoms. The highest BCUT2D eigenvalue weighted by molar-refractivity contribution is 7.13. The van der Waals surface area contributed by atoms with Crippen molar-refractivity contribution in [2.24, 2.45) is 0 Å². The van der Waals surface area contributed by atoms with Crippen LogP contribution < -0.4 is 10.1 Å². The molecule has 0 bridgehead atoms. The Balaban J connectivity index is 2.33. The number of aryl methyl sites for hydroxylation is 2. The smallest absolute Gasteiger partial charge is 0.187 e. The van der Waals surface area contributed by atoms with Crippen LogP contribution in [0.4, 0.5) is 10.8 Å². The van der Waals surface area contributed by atoms with Gasteiger partial charge < -0.3 is 10.1 Å². The van der Waals surface area contributed by atoms with E-state index in [9.17, 15) is 0 Å². The summed E-state index contributed by atoms with van der Waals surface area (Å²) < 4.78 is 5.16. The standard InChI is InChI=1S/C12H13ClN2OS/c1-7-4-9(16-3)5-10(13)11(7)15-12-14-8(2)6-17-12/h4-6H,1-3H3,(H,14,15). The first kappa shape index (κ1) is 12.2. The van der Waals surface area contributed by atoms with Crippen molar-refractivity contribution < 1.29 is 4.74 Å². The van der Waals surface area contributed by atoms with Gasteiger partial charge in [0.05, 0.1) is 23.5 Å². The summed E-state index contributed by atoms with van der Waals surface area (Å²) in [6, 6.07) is 3.73. The lowest BCUT2D eigenvalue weighted by molar-refractivity contribution is 0.414. The monoisotopic (exact) mass is 268 g/mol. The molecule has 0 amide bonds. The van der Waals surface area contributed by atoms with Gasteiger partial charge in [-0.15, -0.1) is 11.3 Å². The average molecular weight is 269 g/mol. The second-order valence-corrected chi connectivity index (χ2v) is 4.99. The van der Waals surface area contributed by atoms with E-state index in [-0.39, 0.29) is 0 Å². The van der Waals surface area contributed by atoms with E-state index in [2.05, 4.69) is 10.3 Å². The number of anilines is 2. The number of benzene rings is 1. The van der Waals surface area contributed by atoms with E-state index < -0.39 is 0 Å². The van der Waals surface area contributed by atoms with Gasteiger partial charge in [-0.25, -0.2) is 4.98 Å². The lowest BCUT2D eigenvalue weighted by Gasteiger charge is -2.11. The maximum Gasteiger partial charge on any atom is 0.187 e. The summed E-state index contributed by atoms with van der Waals surface area (Å²) in [6.45, 7) is 3.95. The number of halogens is 1. The van der Waals surface area contributed by atoms with Gasteiger partial charge in [-0.1, -0.05) is 11.6 Å². The normalized spacial score (nSPS) is 10.4. The first-order valence-electron chi connectivity index (χ1n) is 5.13. The third-order valence-corrected chi connectivity index (χ3v) is 3.52. The summed E-state index contributed by atoms with van der Waals surface area (Å²) >= 11 is 7.76. The molecule has 0 saturated heterocycles. The number of rotatable bonds is 3. The van der Waals surface area contributed by atoms with Crippen molar-refractivity contribution in [1.29, 1.82) is 0 Å². The van der Waals surface area contributed by atoms with Crippen molar-refractivity contribution in [3.8, 4) is 5.75 Å². The molecule has 17 heavy (non-hydrogen) atoms. The van der Waals surface area contributed by atoms with Crippen LogP contribution >= 0.6 is 22.9 Å². The van der Waals surface area contributed by atoms with Crippen LogP contribution in [0.1, 0.15) is 11.3 Å². The van der Waals surface area contributed by atoms with Gasteiger partial charge in [0, 0.05) is 11.4 Å². The predicted octanol–water partition coefficient (Wildman–Crippen LogP) is 4.17. The van der Waals surface area contributed by atoms with E-state index in [0.717, 1.165) is 27.8 Å². The van der Waals surface area contributed by atoms with Gasteiger partial charge >= 0.3 is 0 Å². The SMILES string of the molecule is COc1cc(C)c(Nc2nc(C)cs2)c(Cl)c1. The van der Waals surface area contributed by atoms with Gasteiger partial charge in [-0.3, -0.25) is 0 Å². The molecule has 0 aliphatic carbocycles. The Hall–Kier alpha value is -1.26. The van der Waals surface area contributed by atoms with Gasteiger partial charge in [-0.2, -0.15) is 0 Å². The average Bonchev–Trinajstić information content (AvgIpc) is 2.69. The van der Waals surface area contributed by atoms with Crippen LogP contribution in [0.2, 0.25) is 5.02 Å². The Labute approximate surface area is 109 Å². The maximum atomic E-state index is 6.20. The molecule has 0 unspecified atom stereocenters. The molecule has 0 aliphatic heterocycles. The second-order valence-electron chi connectivity index (χ2n) is 3.72. The van der Waals surface area contributed by atoms with Crippen LogP contribution in [0.3, 0.4) is 0 Å². The molecular weight excluding hydrogens is 256 g/mol. The fraction of sp³-hybridized carbons (Fsp3) is 0.250. The minimum atomic E-state index is 0.634. The zero-order valence-electron chi connectivity index (χ0n) is 9.87. The van der Waals surface area contributed by atoms with E-state index >= 15 is 0 Å². The summed E-state index contributed by atoms with van der Waals surface area (Å²) in [5.41, 5.74) is 2.91.